The first-order valence-electron chi connectivity index (χ1n) is 8.79. The van der Waals surface area contributed by atoms with E-state index in [4.69, 9.17) is 4.74 Å². The molecule has 2 aliphatic rings. The molecule has 22 heavy (non-hydrogen) atoms. The Balaban J connectivity index is 1.91. The van der Waals surface area contributed by atoms with Gasteiger partial charge in [0.15, 0.2) is 0 Å². The molecule has 1 N–H and O–H groups in total. The Morgan fingerprint density at radius 2 is 1.82 bits per heavy atom. The minimum Gasteiger partial charge on any atom is -0.497 e. The molecule has 3 rings (SSSR count). The fraction of sp³-hybridized carbons (Fsp3) is 0.684. The third-order valence-corrected chi connectivity index (χ3v) is 5.77. The van der Waals surface area contributed by atoms with Crippen LogP contribution < -0.4 is 4.74 Å². The summed E-state index contributed by atoms with van der Waals surface area (Å²) in [7, 11) is 1.70. The van der Waals surface area contributed by atoms with Gasteiger partial charge in [0.05, 0.1) is 13.7 Å². The zero-order chi connectivity index (χ0) is 15.4. The van der Waals surface area contributed by atoms with Crippen LogP contribution in [0.25, 0.3) is 0 Å². The van der Waals surface area contributed by atoms with Crippen LogP contribution in [0, 0.1) is 0 Å². The van der Waals surface area contributed by atoms with Crippen molar-refractivity contribution in [2.24, 2.45) is 0 Å². The van der Waals surface area contributed by atoms with E-state index in [-0.39, 0.29) is 12.0 Å². The maximum atomic E-state index is 10.4. The fourth-order valence-electron chi connectivity index (χ4n) is 4.52. The first-order valence-corrected chi connectivity index (χ1v) is 8.79. The van der Waals surface area contributed by atoms with Gasteiger partial charge >= 0.3 is 0 Å². The second-order valence-electron chi connectivity index (χ2n) is 6.90. The summed E-state index contributed by atoms with van der Waals surface area (Å²) >= 11 is 0. The Kier molecular flexibility index (Phi) is 5.04. The number of likely N-dealkylation sites (tertiary alicyclic amines) is 1. The number of rotatable bonds is 4. The second kappa shape index (κ2) is 7.01. The van der Waals surface area contributed by atoms with Crippen molar-refractivity contribution in [3.05, 3.63) is 29.8 Å². The largest absolute Gasteiger partial charge is 0.497 e. The van der Waals surface area contributed by atoms with Crippen molar-refractivity contribution >= 4 is 0 Å². The summed E-state index contributed by atoms with van der Waals surface area (Å²) in [6.07, 6.45) is 8.79. The zero-order valence-corrected chi connectivity index (χ0v) is 13.8. The molecule has 1 saturated carbocycles. The van der Waals surface area contributed by atoms with E-state index in [0.29, 0.717) is 6.04 Å². The quantitative estimate of drug-likeness (QED) is 0.926. The maximum Gasteiger partial charge on any atom is 0.118 e. The lowest BCUT2D eigenvalue weighted by Crippen LogP contribution is -2.55. The number of benzene rings is 1. The summed E-state index contributed by atoms with van der Waals surface area (Å²) in [4.78, 5) is 2.66. The first kappa shape index (κ1) is 15.8. The van der Waals surface area contributed by atoms with Gasteiger partial charge in [0.1, 0.15) is 5.75 Å². The topological polar surface area (TPSA) is 32.7 Å². The van der Waals surface area contributed by atoms with Crippen molar-refractivity contribution in [1.29, 1.82) is 0 Å². The van der Waals surface area contributed by atoms with Crippen molar-refractivity contribution in [1.82, 2.24) is 4.90 Å². The number of aliphatic hydroxyl groups is 1. The SMILES string of the molecule is COc1ccc(C2(CO)CCCCC2N2CCCCC2)cc1. The van der Waals surface area contributed by atoms with Crippen LogP contribution in [0.1, 0.15) is 50.5 Å². The van der Waals surface area contributed by atoms with E-state index in [9.17, 15) is 5.11 Å². The summed E-state index contributed by atoms with van der Waals surface area (Å²) in [5.41, 5.74) is 1.19. The molecule has 1 aromatic rings. The third kappa shape index (κ3) is 2.89. The summed E-state index contributed by atoms with van der Waals surface area (Å²) in [6.45, 7) is 2.64. The van der Waals surface area contributed by atoms with Gasteiger partial charge in [-0.1, -0.05) is 31.4 Å². The van der Waals surface area contributed by atoms with E-state index in [1.54, 1.807) is 7.11 Å². The van der Waals surface area contributed by atoms with Crippen LogP contribution in [0.15, 0.2) is 24.3 Å². The van der Waals surface area contributed by atoms with Crippen molar-refractivity contribution in [2.45, 2.75) is 56.4 Å². The van der Waals surface area contributed by atoms with Crippen molar-refractivity contribution in [2.75, 3.05) is 26.8 Å². The highest BCUT2D eigenvalue weighted by molar-refractivity contribution is 5.34. The number of ether oxygens (including phenoxy) is 1. The normalized spacial score (nSPS) is 30.2. The van der Waals surface area contributed by atoms with Gasteiger partial charge in [-0.25, -0.2) is 0 Å². The smallest absolute Gasteiger partial charge is 0.118 e. The molecule has 0 amide bonds. The molecule has 2 atom stereocenters. The molecule has 2 fully saturated rings. The minimum absolute atomic E-state index is 0.0954. The van der Waals surface area contributed by atoms with E-state index in [1.165, 1.54) is 57.2 Å². The molecule has 1 aliphatic heterocycles. The molecule has 1 aromatic carbocycles. The molecule has 0 radical (unpaired) electrons. The van der Waals surface area contributed by atoms with Crippen LogP contribution in [-0.2, 0) is 5.41 Å². The fourth-order valence-corrected chi connectivity index (χ4v) is 4.52. The van der Waals surface area contributed by atoms with Gasteiger partial charge in [-0.2, -0.15) is 0 Å². The standard InChI is InChI=1S/C19H29NO2/c1-22-17-10-8-16(9-11-17)19(15-21)12-4-3-7-18(19)20-13-5-2-6-14-20/h8-11,18,21H,2-7,12-15H2,1H3. The van der Waals surface area contributed by atoms with Gasteiger partial charge in [0.25, 0.3) is 0 Å². The molecule has 2 unspecified atom stereocenters. The Morgan fingerprint density at radius 3 is 2.45 bits per heavy atom. The number of methoxy groups -OCH3 is 1. The van der Waals surface area contributed by atoms with Crippen molar-refractivity contribution in [3.63, 3.8) is 0 Å². The molecule has 1 heterocycles. The molecule has 0 aromatic heterocycles. The average Bonchev–Trinajstić information content (AvgIpc) is 2.62. The predicted molar refractivity (Wildman–Crippen MR) is 89.4 cm³/mol. The predicted octanol–water partition coefficient (Wildman–Crippen LogP) is 3.35. The molecule has 3 nitrogen and oxygen atoms in total. The van der Waals surface area contributed by atoms with E-state index in [2.05, 4.69) is 17.0 Å². The Bertz CT molecular complexity index is 467. The molecule has 0 spiro atoms. The first-order chi connectivity index (χ1) is 10.8. The number of hydrogen-bond donors (Lipinski definition) is 1. The summed E-state index contributed by atoms with van der Waals surface area (Å²) in [6, 6.07) is 8.89. The molecular weight excluding hydrogens is 274 g/mol. The number of hydrogen-bond acceptors (Lipinski definition) is 3. The second-order valence-corrected chi connectivity index (χ2v) is 6.90. The maximum absolute atomic E-state index is 10.4. The van der Waals surface area contributed by atoms with Gasteiger partial charge in [-0.05, 0) is 56.5 Å². The molecule has 1 aliphatic carbocycles. The molecule has 122 valence electrons. The number of aliphatic hydroxyl groups excluding tert-OH is 1. The highest BCUT2D eigenvalue weighted by Crippen LogP contribution is 2.43. The lowest BCUT2D eigenvalue weighted by Gasteiger charge is -2.50. The molecule has 3 heteroatoms. The highest BCUT2D eigenvalue weighted by atomic mass is 16.5. The van der Waals surface area contributed by atoms with Crippen LogP contribution in [0.4, 0.5) is 0 Å². The Labute approximate surface area is 134 Å². The monoisotopic (exact) mass is 303 g/mol. The Morgan fingerprint density at radius 1 is 1.09 bits per heavy atom. The van der Waals surface area contributed by atoms with Crippen molar-refractivity contribution < 1.29 is 9.84 Å². The average molecular weight is 303 g/mol. The van der Waals surface area contributed by atoms with Crippen LogP contribution in [-0.4, -0.2) is 42.9 Å². The van der Waals surface area contributed by atoms with Crippen LogP contribution >= 0.6 is 0 Å². The summed E-state index contributed by atoms with van der Waals surface area (Å²) in [5, 5.41) is 10.4. The van der Waals surface area contributed by atoms with Gasteiger partial charge < -0.3 is 9.84 Å². The van der Waals surface area contributed by atoms with Gasteiger partial charge in [-0.15, -0.1) is 0 Å². The van der Waals surface area contributed by atoms with Crippen LogP contribution in [0.2, 0.25) is 0 Å². The van der Waals surface area contributed by atoms with E-state index < -0.39 is 0 Å². The molecular formula is C19H29NO2. The lowest BCUT2D eigenvalue weighted by atomic mass is 9.65. The van der Waals surface area contributed by atoms with Gasteiger partial charge in [-0.3, -0.25) is 4.90 Å². The minimum atomic E-state index is -0.0954. The summed E-state index contributed by atoms with van der Waals surface area (Å²) in [5.74, 6) is 0.891. The van der Waals surface area contributed by atoms with Gasteiger partial charge in [0.2, 0.25) is 0 Å². The third-order valence-electron chi connectivity index (χ3n) is 5.77. The zero-order valence-electron chi connectivity index (χ0n) is 13.8. The van der Waals surface area contributed by atoms with Crippen LogP contribution in [0.5, 0.6) is 5.75 Å². The lowest BCUT2D eigenvalue weighted by molar-refractivity contribution is 0.0261. The molecule has 1 saturated heterocycles. The van der Waals surface area contributed by atoms with E-state index in [0.717, 1.165) is 12.2 Å². The van der Waals surface area contributed by atoms with E-state index >= 15 is 0 Å². The highest BCUT2D eigenvalue weighted by Gasteiger charge is 2.44. The van der Waals surface area contributed by atoms with Crippen LogP contribution in [0.3, 0.4) is 0 Å². The van der Waals surface area contributed by atoms with E-state index in [1.807, 2.05) is 12.1 Å². The molecule has 0 bridgehead atoms. The number of piperidine rings is 1. The van der Waals surface area contributed by atoms with Gasteiger partial charge in [0, 0.05) is 11.5 Å². The van der Waals surface area contributed by atoms with Crippen molar-refractivity contribution in [3.8, 4) is 5.75 Å². The summed E-state index contributed by atoms with van der Waals surface area (Å²) < 4.78 is 5.29. The number of nitrogens with zero attached hydrogens (tertiary/aromatic N) is 1. The Hall–Kier alpha value is -1.06.